The summed E-state index contributed by atoms with van der Waals surface area (Å²) in [6.07, 6.45) is 4.01. The maximum Gasteiger partial charge on any atom is 0.0555 e. The largest absolute Gasteiger partial charge is 0.395 e. The van der Waals surface area contributed by atoms with Crippen LogP contribution in [0.25, 0.3) is 0 Å². The SMILES string of the molecule is CCCCn1nccc1C(CO)c1ccc(Cl)cc1. The Kier molecular flexibility index (Phi) is 5.00. The number of hydrogen-bond acceptors (Lipinski definition) is 2. The fraction of sp³-hybridized carbons (Fsp3) is 0.400. The van der Waals surface area contributed by atoms with Crippen molar-refractivity contribution in [2.24, 2.45) is 0 Å². The van der Waals surface area contributed by atoms with E-state index in [1.807, 2.05) is 35.0 Å². The molecule has 0 aliphatic rings. The number of rotatable bonds is 6. The Morgan fingerprint density at radius 2 is 2.00 bits per heavy atom. The van der Waals surface area contributed by atoms with Gasteiger partial charge < -0.3 is 5.11 Å². The lowest BCUT2D eigenvalue weighted by Crippen LogP contribution is -2.13. The number of benzene rings is 1. The number of nitrogens with zero attached hydrogens (tertiary/aromatic N) is 2. The molecule has 0 fully saturated rings. The Morgan fingerprint density at radius 3 is 2.63 bits per heavy atom. The maximum absolute atomic E-state index is 9.70. The van der Waals surface area contributed by atoms with Gasteiger partial charge in [0.1, 0.15) is 0 Å². The fourth-order valence-electron chi connectivity index (χ4n) is 2.20. The van der Waals surface area contributed by atoms with Crippen LogP contribution in [-0.2, 0) is 6.54 Å². The van der Waals surface area contributed by atoms with Gasteiger partial charge in [0.05, 0.1) is 6.61 Å². The second kappa shape index (κ2) is 6.73. The molecule has 0 aliphatic heterocycles. The first kappa shape index (κ1) is 14.1. The summed E-state index contributed by atoms with van der Waals surface area (Å²) in [5.41, 5.74) is 2.11. The van der Waals surface area contributed by atoms with Crippen molar-refractivity contribution in [2.75, 3.05) is 6.61 Å². The van der Waals surface area contributed by atoms with Crippen LogP contribution in [0.15, 0.2) is 36.5 Å². The van der Waals surface area contributed by atoms with Gasteiger partial charge in [-0.2, -0.15) is 5.10 Å². The molecular formula is C15H19ClN2O. The van der Waals surface area contributed by atoms with Gasteiger partial charge in [-0.25, -0.2) is 0 Å². The van der Waals surface area contributed by atoms with Gasteiger partial charge in [-0.1, -0.05) is 37.1 Å². The molecule has 0 amide bonds. The van der Waals surface area contributed by atoms with Crippen LogP contribution >= 0.6 is 11.6 Å². The molecule has 1 heterocycles. The number of aliphatic hydroxyl groups excluding tert-OH is 1. The number of unbranched alkanes of at least 4 members (excludes halogenated alkanes) is 1. The Labute approximate surface area is 118 Å². The zero-order valence-corrected chi connectivity index (χ0v) is 11.8. The molecule has 1 unspecified atom stereocenters. The smallest absolute Gasteiger partial charge is 0.0555 e. The van der Waals surface area contributed by atoms with Crippen LogP contribution < -0.4 is 0 Å². The summed E-state index contributed by atoms with van der Waals surface area (Å²) in [6.45, 7) is 3.12. The third-order valence-corrected chi connectivity index (χ3v) is 3.54. The molecule has 3 nitrogen and oxygen atoms in total. The van der Waals surface area contributed by atoms with E-state index in [2.05, 4.69) is 12.0 Å². The van der Waals surface area contributed by atoms with E-state index < -0.39 is 0 Å². The summed E-state index contributed by atoms with van der Waals surface area (Å²) < 4.78 is 1.99. The number of halogens is 1. The van der Waals surface area contributed by atoms with E-state index in [4.69, 9.17) is 11.6 Å². The average molecular weight is 279 g/mol. The van der Waals surface area contributed by atoms with Crippen molar-refractivity contribution in [3.63, 3.8) is 0 Å². The topological polar surface area (TPSA) is 38.0 Å². The lowest BCUT2D eigenvalue weighted by atomic mass is 9.96. The van der Waals surface area contributed by atoms with Crippen LogP contribution in [-0.4, -0.2) is 21.5 Å². The summed E-state index contributed by atoms with van der Waals surface area (Å²) in [5, 5.41) is 14.7. The minimum Gasteiger partial charge on any atom is -0.395 e. The first-order chi connectivity index (χ1) is 9.26. The molecule has 1 N–H and O–H groups in total. The lowest BCUT2D eigenvalue weighted by molar-refractivity contribution is 0.275. The minimum atomic E-state index is -0.0448. The van der Waals surface area contributed by atoms with E-state index in [1.54, 1.807) is 6.20 Å². The van der Waals surface area contributed by atoms with Crippen molar-refractivity contribution in [1.82, 2.24) is 9.78 Å². The van der Waals surface area contributed by atoms with E-state index in [1.165, 1.54) is 0 Å². The van der Waals surface area contributed by atoms with Gasteiger partial charge in [-0.15, -0.1) is 0 Å². The number of aryl methyl sites for hydroxylation is 1. The molecule has 0 radical (unpaired) electrons. The third-order valence-electron chi connectivity index (χ3n) is 3.28. The van der Waals surface area contributed by atoms with Crippen LogP contribution in [0.1, 0.15) is 36.9 Å². The predicted molar refractivity (Wildman–Crippen MR) is 77.5 cm³/mol. The molecule has 0 spiro atoms. The van der Waals surface area contributed by atoms with Gasteiger partial charge in [0, 0.05) is 29.4 Å². The zero-order chi connectivity index (χ0) is 13.7. The molecule has 4 heteroatoms. The second-order valence-corrected chi connectivity index (χ2v) is 5.06. The molecule has 0 saturated carbocycles. The van der Waals surface area contributed by atoms with E-state index in [-0.39, 0.29) is 12.5 Å². The summed E-state index contributed by atoms with van der Waals surface area (Å²) in [7, 11) is 0. The normalized spacial score (nSPS) is 12.6. The van der Waals surface area contributed by atoms with Gasteiger partial charge in [-0.05, 0) is 30.2 Å². The molecule has 0 aliphatic carbocycles. The Balaban J connectivity index is 2.26. The molecule has 2 rings (SSSR count). The molecule has 102 valence electrons. The fourth-order valence-corrected chi connectivity index (χ4v) is 2.32. The van der Waals surface area contributed by atoms with Gasteiger partial charge >= 0.3 is 0 Å². The Morgan fingerprint density at radius 1 is 1.26 bits per heavy atom. The zero-order valence-electron chi connectivity index (χ0n) is 11.1. The summed E-state index contributed by atoms with van der Waals surface area (Å²) in [6, 6.07) is 9.60. The highest BCUT2D eigenvalue weighted by molar-refractivity contribution is 6.30. The molecule has 1 aromatic heterocycles. The van der Waals surface area contributed by atoms with Gasteiger partial charge in [-0.3, -0.25) is 4.68 Å². The molecule has 0 saturated heterocycles. The van der Waals surface area contributed by atoms with Crippen molar-refractivity contribution in [3.05, 3.63) is 52.8 Å². The molecule has 2 aromatic rings. The third kappa shape index (κ3) is 3.37. The molecule has 1 aromatic carbocycles. The van der Waals surface area contributed by atoms with E-state index in [9.17, 15) is 5.11 Å². The highest BCUT2D eigenvalue weighted by Crippen LogP contribution is 2.25. The van der Waals surface area contributed by atoms with Crippen molar-refractivity contribution in [1.29, 1.82) is 0 Å². The van der Waals surface area contributed by atoms with Crippen molar-refractivity contribution < 1.29 is 5.11 Å². The Hall–Kier alpha value is -1.32. The number of hydrogen-bond donors (Lipinski definition) is 1. The minimum absolute atomic E-state index is 0.0448. The lowest BCUT2D eigenvalue weighted by Gasteiger charge is -2.17. The summed E-state index contributed by atoms with van der Waals surface area (Å²) in [5.74, 6) is -0.0448. The van der Waals surface area contributed by atoms with Crippen LogP contribution in [0.4, 0.5) is 0 Å². The highest BCUT2D eigenvalue weighted by Gasteiger charge is 2.17. The Bertz CT molecular complexity index is 507. The standard InChI is InChI=1S/C15H19ClN2O/c1-2-3-10-18-15(8-9-17-18)14(11-19)12-4-6-13(16)7-5-12/h4-9,14,19H,2-3,10-11H2,1H3. The summed E-state index contributed by atoms with van der Waals surface area (Å²) in [4.78, 5) is 0. The van der Waals surface area contributed by atoms with Crippen LogP contribution in [0.3, 0.4) is 0 Å². The first-order valence-corrected chi connectivity index (χ1v) is 7.02. The highest BCUT2D eigenvalue weighted by atomic mass is 35.5. The van der Waals surface area contributed by atoms with E-state index in [0.29, 0.717) is 5.02 Å². The predicted octanol–water partition coefficient (Wildman–Crippen LogP) is 3.46. The van der Waals surface area contributed by atoms with Crippen molar-refractivity contribution in [3.8, 4) is 0 Å². The average Bonchev–Trinajstić information content (AvgIpc) is 2.88. The van der Waals surface area contributed by atoms with Gasteiger partial charge in [0.15, 0.2) is 0 Å². The van der Waals surface area contributed by atoms with Crippen molar-refractivity contribution >= 4 is 11.6 Å². The quantitative estimate of drug-likeness (QED) is 0.879. The van der Waals surface area contributed by atoms with Crippen LogP contribution in [0.5, 0.6) is 0 Å². The van der Waals surface area contributed by atoms with Gasteiger partial charge in [0.25, 0.3) is 0 Å². The number of aliphatic hydroxyl groups is 1. The summed E-state index contributed by atoms with van der Waals surface area (Å²) >= 11 is 5.90. The number of aromatic nitrogens is 2. The second-order valence-electron chi connectivity index (χ2n) is 4.62. The van der Waals surface area contributed by atoms with Gasteiger partial charge in [0.2, 0.25) is 0 Å². The maximum atomic E-state index is 9.70. The molecule has 19 heavy (non-hydrogen) atoms. The van der Waals surface area contributed by atoms with E-state index >= 15 is 0 Å². The van der Waals surface area contributed by atoms with Crippen LogP contribution in [0.2, 0.25) is 5.02 Å². The van der Waals surface area contributed by atoms with E-state index in [0.717, 1.165) is 30.6 Å². The molecule has 0 bridgehead atoms. The first-order valence-electron chi connectivity index (χ1n) is 6.64. The monoisotopic (exact) mass is 278 g/mol. The molecule has 1 atom stereocenters. The molecular weight excluding hydrogens is 260 g/mol. The van der Waals surface area contributed by atoms with Crippen molar-refractivity contribution in [2.45, 2.75) is 32.2 Å². The van der Waals surface area contributed by atoms with Crippen LogP contribution in [0, 0.1) is 0 Å².